The molecular weight excluding hydrogens is 300 g/mol. The van der Waals surface area contributed by atoms with E-state index in [4.69, 9.17) is 20.9 Å². The van der Waals surface area contributed by atoms with Gasteiger partial charge in [0.1, 0.15) is 11.5 Å². The van der Waals surface area contributed by atoms with Crippen molar-refractivity contribution in [1.82, 2.24) is 0 Å². The van der Waals surface area contributed by atoms with Crippen molar-refractivity contribution >= 4 is 10.8 Å². The van der Waals surface area contributed by atoms with Crippen molar-refractivity contribution < 1.29 is 9.47 Å². The van der Waals surface area contributed by atoms with E-state index in [0.717, 1.165) is 59.1 Å². The lowest BCUT2D eigenvalue weighted by molar-refractivity contribution is 0.301. The lowest BCUT2D eigenvalue weighted by atomic mass is 9.97. The number of hydrogen-bond donors (Lipinski definition) is 2. The highest BCUT2D eigenvalue weighted by molar-refractivity contribution is 5.96. The number of hydrogen-bond acceptors (Lipinski definition) is 4. The first kappa shape index (κ1) is 18.6. The summed E-state index contributed by atoms with van der Waals surface area (Å²) in [4.78, 5) is 0. The van der Waals surface area contributed by atoms with E-state index < -0.39 is 0 Å². The van der Waals surface area contributed by atoms with Crippen LogP contribution in [0.1, 0.15) is 50.7 Å². The summed E-state index contributed by atoms with van der Waals surface area (Å²) in [5.74, 6) is 1.73. The highest BCUT2D eigenvalue weighted by Gasteiger charge is 2.19. The average molecular weight is 330 g/mol. The van der Waals surface area contributed by atoms with Gasteiger partial charge in [-0.2, -0.15) is 0 Å². The molecule has 24 heavy (non-hydrogen) atoms. The van der Waals surface area contributed by atoms with Gasteiger partial charge in [-0.3, -0.25) is 0 Å². The summed E-state index contributed by atoms with van der Waals surface area (Å²) in [6, 6.07) is 8.19. The number of rotatable bonds is 10. The van der Waals surface area contributed by atoms with Crippen LogP contribution in [-0.4, -0.2) is 13.2 Å². The van der Waals surface area contributed by atoms with Gasteiger partial charge in [-0.05, 0) is 12.8 Å². The smallest absolute Gasteiger partial charge is 0.132 e. The van der Waals surface area contributed by atoms with Crippen LogP contribution < -0.4 is 20.9 Å². The molecule has 2 aromatic rings. The molecule has 0 aromatic heterocycles. The van der Waals surface area contributed by atoms with Gasteiger partial charge >= 0.3 is 0 Å². The molecule has 132 valence electrons. The second-order valence-electron chi connectivity index (χ2n) is 5.97. The fourth-order valence-corrected chi connectivity index (χ4v) is 2.88. The van der Waals surface area contributed by atoms with Crippen LogP contribution >= 0.6 is 0 Å². The highest BCUT2D eigenvalue weighted by Crippen LogP contribution is 2.41. The van der Waals surface area contributed by atoms with Crippen LogP contribution in [0.2, 0.25) is 0 Å². The summed E-state index contributed by atoms with van der Waals surface area (Å²) in [5, 5.41) is 2.11. The van der Waals surface area contributed by atoms with Gasteiger partial charge in [0.15, 0.2) is 0 Å². The maximum absolute atomic E-state index is 6.11. The molecule has 0 bridgehead atoms. The molecule has 0 atom stereocenters. The predicted molar refractivity (Wildman–Crippen MR) is 101 cm³/mol. The molecule has 4 N–H and O–H groups in total. The topological polar surface area (TPSA) is 70.5 Å². The zero-order chi connectivity index (χ0) is 17.4. The average Bonchev–Trinajstić information content (AvgIpc) is 2.62. The van der Waals surface area contributed by atoms with Crippen molar-refractivity contribution in [3.63, 3.8) is 0 Å². The van der Waals surface area contributed by atoms with Gasteiger partial charge in [-0.1, -0.05) is 51.0 Å². The van der Waals surface area contributed by atoms with Crippen LogP contribution in [0.3, 0.4) is 0 Å². The molecule has 0 saturated carbocycles. The molecule has 0 unspecified atom stereocenters. The Kier molecular flexibility index (Phi) is 7.35. The van der Waals surface area contributed by atoms with Crippen molar-refractivity contribution in [3.05, 3.63) is 35.4 Å². The minimum atomic E-state index is 0.392. The number of fused-ring (bicyclic) bond motifs is 1. The molecule has 2 aromatic carbocycles. The predicted octanol–water partition coefficient (Wildman–Crippen LogP) is 4.12. The number of benzene rings is 2. The lowest BCUT2D eigenvalue weighted by Gasteiger charge is -2.21. The first-order valence-electron chi connectivity index (χ1n) is 9.00. The quantitative estimate of drug-likeness (QED) is 0.643. The Balaban J connectivity index is 2.57. The van der Waals surface area contributed by atoms with E-state index in [1.807, 2.05) is 12.1 Å². The number of ether oxygens (including phenoxy) is 2. The molecular formula is C20H30N2O2. The zero-order valence-corrected chi connectivity index (χ0v) is 14.9. The fraction of sp³-hybridized carbons (Fsp3) is 0.500. The zero-order valence-electron chi connectivity index (χ0n) is 14.9. The third-order valence-electron chi connectivity index (χ3n) is 4.23. The van der Waals surface area contributed by atoms with Crippen molar-refractivity contribution in [3.8, 4) is 11.5 Å². The molecule has 0 heterocycles. The lowest BCUT2D eigenvalue weighted by Crippen LogP contribution is -2.13. The molecule has 0 aliphatic rings. The van der Waals surface area contributed by atoms with Crippen molar-refractivity contribution in [2.75, 3.05) is 13.2 Å². The summed E-state index contributed by atoms with van der Waals surface area (Å²) < 4.78 is 12.2. The van der Waals surface area contributed by atoms with Gasteiger partial charge in [0.25, 0.3) is 0 Å². The van der Waals surface area contributed by atoms with Crippen molar-refractivity contribution in [2.45, 2.75) is 52.6 Å². The third kappa shape index (κ3) is 4.00. The van der Waals surface area contributed by atoms with E-state index >= 15 is 0 Å². The fourth-order valence-electron chi connectivity index (χ4n) is 2.88. The molecule has 0 aliphatic carbocycles. The van der Waals surface area contributed by atoms with Crippen LogP contribution in [0.15, 0.2) is 24.3 Å². The van der Waals surface area contributed by atoms with Crippen molar-refractivity contribution in [1.29, 1.82) is 0 Å². The molecule has 0 amide bonds. The van der Waals surface area contributed by atoms with E-state index in [2.05, 4.69) is 26.0 Å². The van der Waals surface area contributed by atoms with Gasteiger partial charge in [-0.25, -0.2) is 0 Å². The molecule has 0 radical (unpaired) electrons. The largest absolute Gasteiger partial charge is 0.493 e. The van der Waals surface area contributed by atoms with Crippen LogP contribution in [-0.2, 0) is 13.1 Å². The molecule has 4 heteroatoms. The number of nitrogens with two attached hydrogens (primary N) is 2. The van der Waals surface area contributed by atoms with Crippen LogP contribution in [0.4, 0.5) is 0 Å². The normalized spacial score (nSPS) is 11.0. The maximum atomic E-state index is 6.11. The van der Waals surface area contributed by atoms with Crippen LogP contribution in [0.5, 0.6) is 11.5 Å². The van der Waals surface area contributed by atoms with E-state index in [1.165, 1.54) is 0 Å². The van der Waals surface area contributed by atoms with E-state index in [1.54, 1.807) is 0 Å². The second-order valence-corrected chi connectivity index (χ2v) is 5.97. The van der Waals surface area contributed by atoms with Crippen LogP contribution in [0.25, 0.3) is 10.8 Å². The molecule has 2 rings (SSSR count). The highest BCUT2D eigenvalue weighted by atomic mass is 16.5. The van der Waals surface area contributed by atoms with Gasteiger partial charge in [-0.15, -0.1) is 0 Å². The molecule has 0 fully saturated rings. The second kappa shape index (κ2) is 9.50. The minimum absolute atomic E-state index is 0.392. The Morgan fingerprint density at radius 3 is 1.50 bits per heavy atom. The molecule has 0 spiro atoms. The summed E-state index contributed by atoms with van der Waals surface area (Å²) in [6.07, 6.45) is 4.23. The molecule has 0 aliphatic heterocycles. The van der Waals surface area contributed by atoms with Gasteiger partial charge in [0, 0.05) is 35.0 Å². The maximum Gasteiger partial charge on any atom is 0.132 e. The Hall–Kier alpha value is -1.78. The summed E-state index contributed by atoms with van der Waals surface area (Å²) in [7, 11) is 0. The van der Waals surface area contributed by atoms with Crippen LogP contribution in [0, 0.1) is 0 Å². The third-order valence-corrected chi connectivity index (χ3v) is 4.23. The Morgan fingerprint density at radius 1 is 0.750 bits per heavy atom. The first-order valence-corrected chi connectivity index (χ1v) is 9.00. The monoisotopic (exact) mass is 330 g/mol. The van der Waals surface area contributed by atoms with Gasteiger partial charge < -0.3 is 20.9 Å². The number of unbranched alkanes of at least 4 members (excludes halogenated alkanes) is 2. The Labute approximate surface area is 145 Å². The van der Waals surface area contributed by atoms with E-state index in [0.29, 0.717) is 26.3 Å². The molecule has 4 nitrogen and oxygen atoms in total. The van der Waals surface area contributed by atoms with Gasteiger partial charge in [0.2, 0.25) is 0 Å². The standard InChI is InChI=1S/C20H30N2O2/c1-3-5-11-23-19-15-9-7-8-10-16(15)20(24-12-6-4-2)18(14-22)17(19)13-21/h7-10H,3-6,11-14,21-22H2,1-2H3. The van der Waals surface area contributed by atoms with Crippen molar-refractivity contribution in [2.24, 2.45) is 11.5 Å². The Bertz CT molecular complexity index is 599. The van der Waals surface area contributed by atoms with E-state index in [9.17, 15) is 0 Å². The SMILES string of the molecule is CCCCOc1c(CN)c(CN)c(OCCCC)c2ccccc12. The van der Waals surface area contributed by atoms with E-state index in [-0.39, 0.29) is 0 Å². The first-order chi connectivity index (χ1) is 11.8. The summed E-state index contributed by atoms with van der Waals surface area (Å²) in [5.41, 5.74) is 14.1. The minimum Gasteiger partial charge on any atom is -0.493 e. The molecule has 0 saturated heterocycles. The summed E-state index contributed by atoms with van der Waals surface area (Å²) >= 11 is 0. The van der Waals surface area contributed by atoms with Gasteiger partial charge in [0.05, 0.1) is 13.2 Å². The summed E-state index contributed by atoms with van der Waals surface area (Å²) in [6.45, 7) is 6.47. The Morgan fingerprint density at radius 2 is 1.17 bits per heavy atom.